The van der Waals surface area contributed by atoms with E-state index in [2.05, 4.69) is 10.4 Å². The summed E-state index contributed by atoms with van der Waals surface area (Å²) in [5.74, 6) is -0.0751. The third-order valence-electron chi connectivity index (χ3n) is 4.69. The molecule has 1 aromatic heterocycles. The number of amides is 2. The Morgan fingerprint density at radius 3 is 2.78 bits per heavy atom. The summed E-state index contributed by atoms with van der Waals surface area (Å²) in [5.41, 5.74) is 1.51. The normalized spacial score (nSPS) is 20.8. The summed E-state index contributed by atoms with van der Waals surface area (Å²) in [6.45, 7) is 5.03. The number of carbonyl (C=O) groups excluding carboxylic acids is 2. The van der Waals surface area contributed by atoms with E-state index in [0.29, 0.717) is 19.7 Å². The van der Waals surface area contributed by atoms with Crippen LogP contribution in [0.3, 0.4) is 0 Å². The number of nitrogens with zero attached hydrogens (tertiary/aromatic N) is 3. The van der Waals surface area contributed by atoms with Crippen molar-refractivity contribution in [2.75, 3.05) is 20.3 Å². The minimum atomic E-state index is -0.519. The van der Waals surface area contributed by atoms with Gasteiger partial charge in [-0.25, -0.2) is 0 Å². The van der Waals surface area contributed by atoms with Crippen LogP contribution in [0, 0.1) is 6.92 Å². The van der Waals surface area contributed by atoms with Gasteiger partial charge >= 0.3 is 0 Å². The number of methoxy groups -OCH3 is 1. The number of nitrogens with one attached hydrogen (secondary N) is 1. The van der Waals surface area contributed by atoms with Crippen LogP contribution in [-0.2, 0) is 27.9 Å². The van der Waals surface area contributed by atoms with Crippen LogP contribution >= 0.6 is 0 Å². The van der Waals surface area contributed by atoms with Crippen molar-refractivity contribution in [1.82, 2.24) is 20.0 Å². The predicted molar refractivity (Wildman–Crippen MR) is 85.6 cm³/mol. The Morgan fingerprint density at radius 1 is 1.48 bits per heavy atom. The molecule has 1 atom stereocenters. The molecular formula is C16H26N4O3. The molecule has 128 valence electrons. The first-order valence-electron chi connectivity index (χ1n) is 7.91. The van der Waals surface area contributed by atoms with Crippen LogP contribution in [0.5, 0.6) is 0 Å². The summed E-state index contributed by atoms with van der Waals surface area (Å²) in [5, 5.41) is 7.11. The van der Waals surface area contributed by atoms with Gasteiger partial charge in [-0.15, -0.1) is 0 Å². The molecule has 1 N–H and O–H groups in total. The third-order valence-corrected chi connectivity index (χ3v) is 4.69. The van der Waals surface area contributed by atoms with Crippen molar-refractivity contribution in [3.05, 3.63) is 17.5 Å². The van der Waals surface area contributed by atoms with Crippen molar-refractivity contribution in [2.45, 2.75) is 45.2 Å². The van der Waals surface area contributed by atoms with Gasteiger partial charge in [0.1, 0.15) is 0 Å². The Morgan fingerprint density at radius 2 is 2.22 bits per heavy atom. The number of hydrogen-bond acceptors (Lipinski definition) is 4. The molecule has 2 amide bonds. The number of rotatable bonds is 6. The van der Waals surface area contributed by atoms with Crippen LogP contribution in [0.4, 0.5) is 0 Å². The first-order chi connectivity index (χ1) is 10.9. The molecule has 1 saturated heterocycles. The molecule has 1 aliphatic rings. The van der Waals surface area contributed by atoms with E-state index in [1.54, 1.807) is 29.8 Å². The fourth-order valence-electron chi connectivity index (χ4n) is 3.36. The second-order valence-corrected chi connectivity index (χ2v) is 6.26. The maximum atomic E-state index is 12.4. The van der Waals surface area contributed by atoms with Gasteiger partial charge in [0, 0.05) is 45.4 Å². The molecule has 0 bridgehead atoms. The highest BCUT2D eigenvalue weighted by Gasteiger charge is 2.44. The van der Waals surface area contributed by atoms with Crippen LogP contribution in [0.1, 0.15) is 37.4 Å². The number of ether oxygens (including phenoxy) is 1. The maximum absolute atomic E-state index is 12.4. The molecule has 23 heavy (non-hydrogen) atoms. The van der Waals surface area contributed by atoms with Crippen LogP contribution < -0.4 is 5.32 Å². The fourth-order valence-corrected chi connectivity index (χ4v) is 3.36. The van der Waals surface area contributed by atoms with Crippen molar-refractivity contribution in [1.29, 1.82) is 0 Å². The van der Waals surface area contributed by atoms with E-state index in [0.717, 1.165) is 24.1 Å². The Bertz CT molecular complexity index is 584. The third kappa shape index (κ3) is 3.72. The number of aryl methyl sites for hydroxylation is 1. The molecule has 1 fully saturated rings. The highest BCUT2D eigenvalue weighted by atomic mass is 16.5. The lowest BCUT2D eigenvalue weighted by Gasteiger charge is -2.37. The number of aromatic nitrogens is 2. The lowest BCUT2D eigenvalue weighted by atomic mass is 9.92. The van der Waals surface area contributed by atoms with Crippen LogP contribution in [0.25, 0.3) is 0 Å². The van der Waals surface area contributed by atoms with Gasteiger partial charge in [0.2, 0.25) is 11.8 Å². The Labute approximate surface area is 137 Å². The van der Waals surface area contributed by atoms with E-state index in [1.807, 2.05) is 14.0 Å². The SMILES string of the molecule is COC[C@@]1(CC(=O)NCc2cnn(C)c2C)CCCN1C(C)=O. The molecule has 1 aliphatic heterocycles. The van der Waals surface area contributed by atoms with Gasteiger partial charge in [0.15, 0.2) is 0 Å². The molecule has 0 spiro atoms. The topological polar surface area (TPSA) is 76.5 Å². The Balaban J connectivity index is 2.01. The summed E-state index contributed by atoms with van der Waals surface area (Å²) in [7, 11) is 3.48. The Hall–Kier alpha value is -1.89. The van der Waals surface area contributed by atoms with E-state index in [9.17, 15) is 9.59 Å². The van der Waals surface area contributed by atoms with E-state index < -0.39 is 5.54 Å². The van der Waals surface area contributed by atoms with Crippen LogP contribution in [-0.4, -0.2) is 52.3 Å². The summed E-state index contributed by atoms with van der Waals surface area (Å²) >= 11 is 0. The molecule has 2 rings (SSSR count). The second-order valence-electron chi connectivity index (χ2n) is 6.26. The summed E-state index contributed by atoms with van der Waals surface area (Å²) in [4.78, 5) is 26.1. The zero-order valence-electron chi connectivity index (χ0n) is 14.4. The van der Waals surface area contributed by atoms with E-state index in [4.69, 9.17) is 4.74 Å². The average molecular weight is 322 g/mol. The second kappa shape index (κ2) is 7.12. The van der Waals surface area contributed by atoms with Gasteiger partial charge < -0.3 is 15.0 Å². The molecule has 2 heterocycles. The number of carbonyl (C=O) groups is 2. The molecule has 0 saturated carbocycles. The fraction of sp³-hybridized carbons (Fsp3) is 0.688. The minimum absolute atomic E-state index is 0.00421. The standard InChI is InChI=1S/C16H26N4O3/c1-12-14(10-18-19(12)3)9-17-15(22)8-16(11-23-4)6-5-7-20(16)13(2)21/h10H,5-9,11H2,1-4H3,(H,17,22)/t16-/m0/s1. The zero-order valence-corrected chi connectivity index (χ0v) is 14.4. The average Bonchev–Trinajstić information content (AvgIpc) is 3.03. The van der Waals surface area contributed by atoms with Crippen molar-refractivity contribution in [3.8, 4) is 0 Å². The molecule has 0 unspecified atom stereocenters. The highest BCUT2D eigenvalue weighted by Crippen LogP contribution is 2.33. The highest BCUT2D eigenvalue weighted by molar-refractivity contribution is 5.80. The number of hydrogen-bond donors (Lipinski definition) is 1. The van der Waals surface area contributed by atoms with Crippen molar-refractivity contribution >= 4 is 11.8 Å². The first kappa shape index (κ1) is 17.5. The van der Waals surface area contributed by atoms with Crippen LogP contribution in [0.2, 0.25) is 0 Å². The summed E-state index contributed by atoms with van der Waals surface area (Å²) < 4.78 is 7.09. The molecule has 0 radical (unpaired) electrons. The van der Waals surface area contributed by atoms with Gasteiger partial charge in [0.25, 0.3) is 0 Å². The first-order valence-corrected chi connectivity index (χ1v) is 7.91. The maximum Gasteiger partial charge on any atom is 0.222 e. The number of likely N-dealkylation sites (tertiary alicyclic amines) is 1. The van der Waals surface area contributed by atoms with Crippen molar-refractivity contribution in [2.24, 2.45) is 7.05 Å². The van der Waals surface area contributed by atoms with Crippen molar-refractivity contribution < 1.29 is 14.3 Å². The van der Waals surface area contributed by atoms with E-state index in [1.165, 1.54) is 0 Å². The van der Waals surface area contributed by atoms with Gasteiger partial charge in [-0.3, -0.25) is 14.3 Å². The van der Waals surface area contributed by atoms with Gasteiger partial charge in [0.05, 0.1) is 24.8 Å². The van der Waals surface area contributed by atoms with Gasteiger partial charge in [-0.2, -0.15) is 5.10 Å². The predicted octanol–water partition coefficient (Wildman–Crippen LogP) is 0.762. The largest absolute Gasteiger partial charge is 0.382 e. The lowest BCUT2D eigenvalue weighted by molar-refractivity contribution is -0.137. The smallest absolute Gasteiger partial charge is 0.222 e. The minimum Gasteiger partial charge on any atom is -0.382 e. The van der Waals surface area contributed by atoms with E-state index in [-0.39, 0.29) is 18.2 Å². The van der Waals surface area contributed by atoms with E-state index >= 15 is 0 Å². The van der Waals surface area contributed by atoms with Crippen LogP contribution in [0.15, 0.2) is 6.20 Å². The van der Waals surface area contributed by atoms with Gasteiger partial charge in [-0.1, -0.05) is 0 Å². The molecule has 1 aromatic rings. The monoisotopic (exact) mass is 322 g/mol. The molecular weight excluding hydrogens is 296 g/mol. The molecule has 7 nitrogen and oxygen atoms in total. The van der Waals surface area contributed by atoms with Gasteiger partial charge in [-0.05, 0) is 19.8 Å². The molecule has 7 heteroatoms. The summed E-state index contributed by atoms with van der Waals surface area (Å²) in [6.07, 6.45) is 3.72. The molecule has 0 aliphatic carbocycles. The zero-order chi connectivity index (χ0) is 17.0. The lowest BCUT2D eigenvalue weighted by Crippen LogP contribution is -2.52. The summed E-state index contributed by atoms with van der Waals surface area (Å²) in [6, 6.07) is 0. The quantitative estimate of drug-likeness (QED) is 0.839. The molecule has 0 aromatic carbocycles. The Kier molecular flexibility index (Phi) is 5.41. The van der Waals surface area contributed by atoms with Crippen molar-refractivity contribution in [3.63, 3.8) is 0 Å².